The lowest BCUT2D eigenvalue weighted by Crippen LogP contribution is -2.42. The van der Waals surface area contributed by atoms with Crippen LogP contribution in [0.4, 0.5) is 0 Å². The minimum absolute atomic E-state index is 0.00514. The van der Waals surface area contributed by atoms with Crippen LogP contribution in [0.15, 0.2) is 23.2 Å². The zero-order valence-electron chi connectivity index (χ0n) is 19.1. The van der Waals surface area contributed by atoms with Crippen LogP contribution in [0.1, 0.15) is 50.5 Å². The number of carbonyl (C=O) groups excluding carboxylic acids is 2. The van der Waals surface area contributed by atoms with Gasteiger partial charge in [0.1, 0.15) is 6.04 Å². The number of aliphatic hydroxyl groups excluding tert-OH is 1. The van der Waals surface area contributed by atoms with Crippen molar-refractivity contribution in [2.45, 2.75) is 57.4 Å². The van der Waals surface area contributed by atoms with Gasteiger partial charge in [-0.15, -0.1) is 0 Å². The molecule has 9 heteroatoms. The van der Waals surface area contributed by atoms with Crippen LogP contribution in [0.25, 0.3) is 0 Å². The average molecular weight is 449 g/mol. The molecule has 1 saturated carbocycles. The molecule has 0 aliphatic heterocycles. The Hall–Kier alpha value is -2.81. The van der Waals surface area contributed by atoms with Crippen molar-refractivity contribution in [1.29, 1.82) is 0 Å². The summed E-state index contributed by atoms with van der Waals surface area (Å²) in [5.74, 6) is 0.878. The van der Waals surface area contributed by atoms with Crippen molar-refractivity contribution in [2.24, 2.45) is 16.6 Å². The number of benzene rings is 1. The standard InChI is InChI=1S/C23H36N4O5/c1-31-19-10-9-17(14-20(19)32-2)15-21(29)27-23(24)26-18(22(30)25-11-6-12-28)13-16-7-4-3-5-8-16/h9-10,14,16,18,28H,3-8,11-13,15H2,1-2H3,(H,25,30)(H3,24,26,27,29). The van der Waals surface area contributed by atoms with E-state index in [2.05, 4.69) is 15.6 Å². The molecule has 0 saturated heterocycles. The fourth-order valence-corrected chi connectivity index (χ4v) is 3.93. The summed E-state index contributed by atoms with van der Waals surface area (Å²) in [7, 11) is 3.08. The largest absolute Gasteiger partial charge is 0.493 e. The van der Waals surface area contributed by atoms with Gasteiger partial charge in [-0.3, -0.25) is 14.9 Å². The molecule has 0 heterocycles. The highest BCUT2D eigenvalue weighted by atomic mass is 16.5. The molecule has 178 valence electrons. The number of ether oxygens (including phenoxy) is 2. The molecular weight excluding hydrogens is 412 g/mol. The van der Waals surface area contributed by atoms with Gasteiger partial charge in [-0.2, -0.15) is 0 Å². The van der Waals surface area contributed by atoms with E-state index in [1.807, 2.05) is 0 Å². The van der Waals surface area contributed by atoms with E-state index in [0.29, 0.717) is 36.8 Å². The number of hydrogen-bond acceptors (Lipinski definition) is 6. The minimum atomic E-state index is -0.668. The van der Waals surface area contributed by atoms with Crippen LogP contribution in [-0.4, -0.2) is 56.3 Å². The van der Waals surface area contributed by atoms with Gasteiger partial charge in [0.2, 0.25) is 11.8 Å². The number of nitrogens with two attached hydrogens (primary N) is 1. The molecule has 1 aliphatic carbocycles. The van der Waals surface area contributed by atoms with Crippen molar-refractivity contribution in [3.05, 3.63) is 23.8 Å². The maximum Gasteiger partial charge on any atom is 0.244 e. The van der Waals surface area contributed by atoms with E-state index >= 15 is 0 Å². The second-order valence-corrected chi connectivity index (χ2v) is 8.05. The summed E-state index contributed by atoms with van der Waals surface area (Å²) in [5, 5.41) is 14.3. The van der Waals surface area contributed by atoms with Gasteiger partial charge in [0.05, 0.1) is 20.6 Å². The zero-order valence-corrected chi connectivity index (χ0v) is 19.1. The minimum Gasteiger partial charge on any atom is -0.493 e. The van der Waals surface area contributed by atoms with Crippen LogP contribution in [0.5, 0.6) is 11.5 Å². The molecule has 5 N–H and O–H groups in total. The van der Waals surface area contributed by atoms with Crippen LogP contribution in [0, 0.1) is 5.92 Å². The van der Waals surface area contributed by atoms with Crippen molar-refractivity contribution in [1.82, 2.24) is 10.6 Å². The molecule has 32 heavy (non-hydrogen) atoms. The van der Waals surface area contributed by atoms with Crippen LogP contribution < -0.4 is 25.8 Å². The van der Waals surface area contributed by atoms with Crippen molar-refractivity contribution < 1.29 is 24.2 Å². The highest BCUT2D eigenvalue weighted by Crippen LogP contribution is 2.29. The van der Waals surface area contributed by atoms with Gasteiger partial charge < -0.3 is 25.6 Å². The molecule has 2 amide bonds. The topological polar surface area (TPSA) is 135 Å². The van der Waals surface area contributed by atoms with Gasteiger partial charge in [0, 0.05) is 13.2 Å². The molecule has 0 aromatic heterocycles. The molecule has 1 aliphatic rings. The van der Waals surface area contributed by atoms with Gasteiger partial charge in [0.15, 0.2) is 17.5 Å². The van der Waals surface area contributed by atoms with Crippen molar-refractivity contribution in [2.75, 3.05) is 27.4 Å². The maximum atomic E-state index is 12.6. The van der Waals surface area contributed by atoms with Gasteiger partial charge >= 0.3 is 0 Å². The number of hydrogen-bond donors (Lipinski definition) is 4. The molecule has 1 atom stereocenters. The van der Waals surface area contributed by atoms with Crippen molar-refractivity contribution in [3.8, 4) is 11.5 Å². The number of nitrogens with one attached hydrogen (secondary N) is 2. The van der Waals surface area contributed by atoms with E-state index in [9.17, 15) is 9.59 Å². The third-order valence-electron chi connectivity index (χ3n) is 5.59. The summed E-state index contributed by atoms with van der Waals surface area (Å²) < 4.78 is 10.5. The first kappa shape index (κ1) is 25.5. The monoisotopic (exact) mass is 448 g/mol. The molecule has 0 bridgehead atoms. The molecule has 1 aromatic carbocycles. The molecule has 0 radical (unpaired) electrons. The Kier molecular flexibility index (Phi) is 10.8. The van der Waals surface area contributed by atoms with E-state index < -0.39 is 6.04 Å². The van der Waals surface area contributed by atoms with Gasteiger partial charge in [-0.25, -0.2) is 4.99 Å². The Bertz CT molecular complexity index is 778. The van der Waals surface area contributed by atoms with Gasteiger partial charge in [-0.1, -0.05) is 38.2 Å². The molecule has 9 nitrogen and oxygen atoms in total. The lowest BCUT2D eigenvalue weighted by atomic mass is 9.85. The highest BCUT2D eigenvalue weighted by molar-refractivity contribution is 5.98. The number of rotatable bonds is 11. The highest BCUT2D eigenvalue weighted by Gasteiger charge is 2.24. The summed E-state index contributed by atoms with van der Waals surface area (Å²) in [6.45, 7) is 0.378. The normalized spacial score (nSPS) is 15.7. The average Bonchev–Trinajstić information content (AvgIpc) is 2.79. The fraction of sp³-hybridized carbons (Fsp3) is 0.609. The van der Waals surface area contributed by atoms with E-state index in [-0.39, 0.29) is 30.8 Å². The van der Waals surface area contributed by atoms with Crippen molar-refractivity contribution in [3.63, 3.8) is 0 Å². The smallest absolute Gasteiger partial charge is 0.244 e. The molecular formula is C23H36N4O5. The van der Waals surface area contributed by atoms with Crippen LogP contribution in [0.3, 0.4) is 0 Å². The van der Waals surface area contributed by atoms with E-state index in [1.54, 1.807) is 25.3 Å². The van der Waals surface area contributed by atoms with Crippen LogP contribution in [-0.2, 0) is 16.0 Å². The second kappa shape index (κ2) is 13.6. The Morgan fingerprint density at radius 1 is 1.19 bits per heavy atom. The number of methoxy groups -OCH3 is 2. The summed E-state index contributed by atoms with van der Waals surface area (Å²) in [4.78, 5) is 29.4. The molecule has 1 fully saturated rings. The number of guanidine groups is 1. The number of amides is 2. The number of nitrogens with zero attached hydrogens (tertiary/aromatic N) is 1. The first-order valence-corrected chi connectivity index (χ1v) is 11.2. The lowest BCUT2D eigenvalue weighted by Gasteiger charge is -2.24. The third kappa shape index (κ3) is 8.37. The Morgan fingerprint density at radius 2 is 1.91 bits per heavy atom. The Balaban J connectivity index is 2.01. The predicted molar refractivity (Wildman–Crippen MR) is 123 cm³/mol. The Morgan fingerprint density at radius 3 is 2.56 bits per heavy atom. The number of aliphatic hydroxyl groups is 1. The number of aliphatic imine (C=N–C) groups is 1. The Labute approximate surface area is 189 Å². The van der Waals surface area contributed by atoms with E-state index in [0.717, 1.165) is 31.2 Å². The maximum absolute atomic E-state index is 12.6. The quantitative estimate of drug-likeness (QED) is 0.230. The van der Waals surface area contributed by atoms with E-state index in [4.69, 9.17) is 20.3 Å². The fourth-order valence-electron chi connectivity index (χ4n) is 3.93. The first-order chi connectivity index (χ1) is 15.5. The van der Waals surface area contributed by atoms with E-state index in [1.165, 1.54) is 13.5 Å². The first-order valence-electron chi connectivity index (χ1n) is 11.2. The lowest BCUT2D eigenvalue weighted by molar-refractivity contribution is -0.123. The summed E-state index contributed by atoms with van der Waals surface area (Å²) >= 11 is 0. The molecule has 1 aromatic rings. The predicted octanol–water partition coefficient (Wildman–Crippen LogP) is 1.51. The zero-order chi connectivity index (χ0) is 23.3. The van der Waals surface area contributed by atoms with Gasteiger partial charge in [0.25, 0.3) is 0 Å². The van der Waals surface area contributed by atoms with Gasteiger partial charge in [-0.05, 0) is 36.5 Å². The van der Waals surface area contributed by atoms with Crippen LogP contribution in [0.2, 0.25) is 0 Å². The third-order valence-corrected chi connectivity index (χ3v) is 5.59. The molecule has 2 rings (SSSR count). The SMILES string of the molecule is COc1ccc(CC(=O)NC(N)=NC(CC2CCCCC2)C(=O)NCCCO)cc1OC. The summed E-state index contributed by atoms with van der Waals surface area (Å²) in [5.41, 5.74) is 6.71. The summed E-state index contributed by atoms with van der Waals surface area (Å²) in [6, 6.07) is 4.56. The van der Waals surface area contributed by atoms with Crippen molar-refractivity contribution >= 4 is 17.8 Å². The number of carbonyl (C=O) groups is 2. The molecule has 1 unspecified atom stereocenters. The molecule has 0 spiro atoms. The summed E-state index contributed by atoms with van der Waals surface area (Å²) in [6.07, 6.45) is 6.83. The second-order valence-electron chi connectivity index (χ2n) is 8.05. The van der Waals surface area contributed by atoms with Crippen LogP contribution >= 0.6 is 0 Å².